The van der Waals surface area contributed by atoms with Crippen molar-refractivity contribution in [1.82, 2.24) is 15.0 Å². The van der Waals surface area contributed by atoms with Crippen molar-refractivity contribution < 1.29 is 4.74 Å². The first-order valence-electron chi connectivity index (χ1n) is 5.95. The second-order valence-electron chi connectivity index (χ2n) is 4.07. The highest BCUT2D eigenvalue weighted by Gasteiger charge is 2.07. The summed E-state index contributed by atoms with van der Waals surface area (Å²) in [7, 11) is 1.63. The van der Waals surface area contributed by atoms with Gasteiger partial charge in [-0.3, -0.25) is 4.98 Å². The van der Waals surface area contributed by atoms with Crippen molar-refractivity contribution in [3.63, 3.8) is 0 Å². The van der Waals surface area contributed by atoms with Gasteiger partial charge in [0.15, 0.2) is 5.82 Å². The molecule has 100 valence electrons. The second-order valence-corrected chi connectivity index (χ2v) is 4.40. The lowest BCUT2D eigenvalue weighted by atomic mass is 10.3. The summed E-state index contributed by atoms with van der Waals surface area (Å²) in [5.41, 5.74) is 2.24. The minimum absolute atomic E-state index is 0.182. The molecular weight excluding hydrogens is 276 g/mol. The van der Waals surface area contributed by atoms with Crippen LogP contribution >= 0.6 is 11.6 Å². The van der Waals surface area contributed by atoms with Gasteiger partial charge in [-0.2, -0.15) is 4.98 Å². The summed E-state index contributed by atoms with van der Waals surface area (Å²) >= 11 is 5.93. The molecule has 0 radical (unpaired) electrons. The molecule has 0 aliphatic carbocycles. The summed E-state index contributed by atoms with van der Waals surface area (Å²) in [6.07, 6.45) is 1.69. The van der Waals surface area contributed by atoms with Gasteiger partial charge in [0.25, 0.3) is 0 Å². The van der Waals surface area contributed by atoms with E-state index in [9.17, 15) is 0 Å². The van der Waals surface area contributed by atoms with Crippen LogP contribution in [0.15, 0.2) is 42.6 Å². The van der Waals surface area contributed by atoms with Gasteiger partial charge in [-0.25, -0.2) is 4.98 Å². The normalized spacial score (nSPS) is 10.5. The average Bonchev–Trinajstić information content (AvgIpc) is 2.48. The van der Waals surface area contributed by atoms with Crippen LogP contribution in [0.1, 0.15) is 0 Å². The Labute approximate surface area is 120 Å². The Kier molecular flexibility index (Phi) is 3.35. The standard InChI is InChI=1S/C14H11ClN4O/c1-20-10-6-4-9(5-7-10)17-13-12-11(3-2-8-16-12)18-14(15)19-13/h2-8H,1H3,(H,17,18,19). The molecule has 0 bridgehead atoms. The summed E-state index contributed by atoms with van der Waals surface area (Å²) in [5.74, 6) is 1.37. The number of rotatable bonds is 3. The second kappa shape index (κ2) is 5.30. The van der Waals surface area contributed by atoms with E-state index in [-0.39, 0.29) is 5.28 Å². The quantitative estimate of drug-likeness (QED) is 0.748. The molecule has 20 heavy (non-hydrogen) atoms. The third kappa shape index (κ3) is 2.48. The minimum Gasteiger partial charge on any atom is -0.497 e. The Hall–Kier alpha value is -2.40. The molecule has 0 amide bonds. The first-order valence-corrected chi connectivity index (χ1v) is 6.33. The smallest absolute Gasteiger partial charge is 0.225 e. The van der Waals surface area contributed by atoms with E-state index in [4.69, 9.17) is 16.3 Å². The highest BCUT2D eigenvalue weighted by atomic mass is 35.5. The molecule has 0 aliphatic heterocycles. The predicted molar refractivity (Wildman–Crippen MR) is 78.6 cm³/mol. The number of hydrogen-bond donors (Lipinski definition) is 1. The van der Waals surface area contributed by atoms with E-state index in [1.54, 1.807) is 13.3 Å². The van der Waals surface area contributed by atoms with Crippen LogP contribution in [-0.4, -0.2) is 22.1 Å². The predicted octanol–water partition coefficient (Wildman–Crippen LogP) is 3.43. The number of fused-ring (bicyclic) bond motifs is 1. The van der Waals surface area contributed by atoms with Crippen LogP contribution in [0.2, 0.25) is 5.28 Å². The molecule has 5 nitrogen and oxygen atoms in total. The fourth-order valence-corrected chi connectivity index (χ4v) is 2.01. The Bertz CT molecular complexity index is 746. The lowest BCUT2D eigenvalue weighted by Crippen LogP contribution is -1.98. The molecule has 0 aliphatic rings. The Morgan fingerprint density at radius 1 is 1.10 bits per heavy atom. The molecule has 0 spiro atoms. The highest BCUT2D eigenvalue weighted by Crippen LogP contribution is 2.24. The molecule has 0 fully saturated rings. The van der Waals surface area contributed by atoms with Crippen molar-refractivity contribution in [2.24, 2.45) is 0 Å². The number of pyridine rings is 1. The lowest BCUT2D eigenvalue weighted by molar-refractivity contribution is 0.415. The number of methoxy groups -OCH3 is 1. The lowest BCUT2D eigenvalue weighted by Gasteiger charge is -2.08. The zero-order valence-corrected chi connectivity index (χ0v) is 11.4. The highest BCUT2D eigenvalue weighted by molar-refractivity contribution is 6.28. The molecular formula is C14H11ClN4O. The van der Waals surface area contributed by atoms with Crippen molar-refractivity contribution in [3.05, 3.63) is 47.9 Å². The topological polar surface area (TPSA) is 59.9 Å². The summed E-state index contributed by atoms with van der Waals surface area (Å²) in [4.78, 5) is 12.6. The fraction of sp³-hybridized carbons (Fsp3) is 0.0714. The van der Waals surface area contributed by atoms with Crippen molar-refractivity contribution in [1.29, 1.82) is 0 Å². The molecule has 0 unspecified atom stereocenters. The van der Waals surface area contributed by atoms with Gasteiger partial charge in [0, 0.05) is 11.9 Å². The average molecular weight is 287 g/mol. The molecule has 0 saturated carbocycles. The zero-order valence-electron chi connectivity index (χ0n) is 10.7. The van der Waals surface area contributed by atoms with Gasteiger partial charge in [0.2, 0.25) is 5.28 Å². The molecule has 1 aromatic carbocycles. The van der Waals surface area contributed by atoms with Crippen LogP contribution in [0.25, 0.3) is 11.0 Å². The van der Waals surface area contributed by atoms with E-state index < -0.39 is 0 Å². The molecule has 6 heteroatoms. The number of hydrogen-bond acceptors (Lipinski definition) is 5. The van der Waals surface area contributed by atoms with E-state index in [0.717, 1.165) is 11.4 Å². The summed E-state index contributed by atoms with van der Waals surface area (Å²) in [6.45, 7) is 0. The fourth-order valence-electron chi connectivity index (χ4n) is 1.84. The number of aromatic nitrogens is 3. The first kappa shape index (κ1) is 12.6. The van der Waals surface area contributed by atoms with Crippen LogP contribution in [0.4, 0.5) is 11.5 Å². The number of benzene rings is 1. The van der Waals surface area contributed by atoms with E-state index >= 15 is 0 Å². The van der Waals surface area contributed by atoms with Crippen molar-refractivity contribution in [2.45, 2.75) is 0 Å². The van der Waals surface area contributed by atoms with Crippen molar-refractivity contribution in [2.75, 3.05) is 12.4 Å². The molecule has 3 aromatic rings. The van der Waals surface area contributed by atoms with Crippen LogP contribution in [0, 0.1) is 0 Å². The molecule has 0 saturated heterocycles. The van der Waals surface area contributed by atoms with E-state index in [1.165, 1.54) is 0 Å². The molecule has 3 rings (SSSR count). The van der Waals surface area contributed by atoms with Crippen LogP contribution in [0.3, 0.4) is 0 Å². The summed E-state index contributed by atoms with van der Waals surface area (Å²) in [5, 5.41) is 3.37. The maximum atomic E-state index is 5.93. The number of halogens is 1. The van der Waals surface area contributed by atoms with Gasteiger partial charge < -0.3 is 10.1 Å². The van der Waals surface area contributed by atoms with Gasteiger partial charge >= 0.3 is 0 Å². The number of ether oxygens (including phenoxy) is 1. The van der Waals surface area contributed by atoms with E-state index in [2.05, 4.69) is 20.3 Å². The SMILES string of the molecule is COc1ccc(Nc2nc(Cl)nc3cccnc23)cc1. The maximum Gasteiger partial charge on any atom is 0.225 e. The third-order valence-corrected chi connectivity index (χ3v) is 2.95. The van der Waals surface area contributed by atoms with Crippen LogP contribution in [-0.2, 0) is 0 Å². The van der Waals surface area contributed by atoms with Gasteiger partial charge in [0.1, 0.15) is 11.3 Å². The summed E-state index contributed by atoms with van der Waals surface area (Å²) < 4.78 is 5.12. The summed E-state index contributed by atoms with van der Waals surface area (Å²) in [6, 6.07) is 11.2. The maximum absolute atomic E-state index is 5.93. The van der Waals surface area contributed by atoms with Gasteiger partial charge in [-0.05, 0) is 48.0 Å². The largest absolute Gasteiger partial charge is 0.497 e. The molecule has 0 atom stereocenters. The van der Waals surface area contributed by atoms with Crippen LogP contribution < -0.4 is 10.1 Å². The Balaban J connectivity index is 2.01. The monoisotopic (exact) mass is 286 g/mol. The van der Waals surface area contributed by atoms with Crippen molar-refractivity contribution in [3.8, 4) is 5.75 Å². The van der Waals surface area contributed by atoms with Gasteiger partial charge in [-0.15, -0.1) is 0 Å². The van der Waals surface area contributed by atoms with Crippen LogP contribution in [0.5, 0.6) is 5.75 Å². The number of nitrogens with zero attached hydrogens (tertiary/aromatic N) is 3. The number of anilines is 2. The molecule has 1 N–H and O–H groups in total. The molecule has 2 aromatic heterocycles. The Morgan fingerprint density at radius 3 is 2.65 bits per heavy atom. The van der Waals surface area contributed by atoms with Crippen molar-refractivity contribution >= 4 is 34.1 Å². The van der Waals surface area contributed by atoms with Gasteiger partial charge in [0.05, 0.1) is 12.6 Å². The van der Waals surface area contributed by atoms with Gasteiger partial charge in [-0.1, -0.05) is 0 Å². The third-order valence-electron chi connectivity index (χ3n) is 2.78. The van der Waals surface area contributed by atoms with E-state index in [1.807, 2.05) is 36.4 Å². The zero-order chi connectivity index (χ0) is 13.9. The minimum atomic E-state index is 0.182. The Morgan fingerprint density at radius 2 is 1.90 bits per heavy atom. The first-order chi connectivity index (χ1) is 9.76. The number of nitrogens with one attached hydrogen (secondary N) is 1. The van der Waals surface area contributed by atoms with E-state index in [0.29, 0.717) is 16.9 Å². The molecule has 2 heterocycles.